The van der Waals surface area contributed by atoms with Gasteiger partial charge in [0.25, 0.3) is 0 Å². The van der Waals surface area contributed by atoms with E-state index >= 15 is 0 Å². The molecule has 5 heteroatoms. The Hall–Kier alpha value is -1.93. The van der Waals surface area contributed by atoms with Gasteiger partial charge in [-0.2, -0.15) is 0 Å². The Bertz CT molecular complexity index is 1020. The predicted octanol–water partition coefficient (Wildman–Crippen LogP) is 9.43. The first-order valence-corrected chi connectivity index (χ1v) is 13.3. The number of fused-ring (bicyclic) bond motifs is 2. The molecule has 0 aliphatic carbocycles. The Balaban J connectivity index is 0.00000324. The van der Waals surface area contributed by atoms with Gasteiger partial charge in [-0.3, -0.25) is 0 Å². The van der Waals surface area contributed by atoms with E-state index in [2.05, 4.69) is 107 Å². The van der Waals surface area contributed by atoms with E-state index in [-0.39, 0.29) is 29.1 Å². The molecule has 0 bridgehead atoms. The highest BCUT2D eigenvalue weighted by Crippen LogP contribution is 2.74. The molecule has 0 N–H and O–H groups in total. The molecule has 0 saturated heterocycles. The summed E-state index contributed by atoms with van der Waals surface area (Å²) in [5, 5.41) is 0. The molecule has 0 unspecified atom stereocenters. The SMILES string of the molecule is C.CC(C)(C)c1cc2c(c(C(C)(C)C)c1)O[P+]1(O2)Oc2cc(C(C)(C)C)cc(C(C)(C)C)c2O1. The van der Waals surface area contributed by atoms with Crippen LogP contribution < -0.4 is 18.1 Å². The minimum Gasteiger partial charge on any atom is -0.237 e. The normalized spacial score (nSPS) is 16.6. The molecule has 4 rings (SSSR count). The molecule has 4 nitrogen and oxygen atoms in total. The van der Waals surface area contributed by atoms with Crippen LogP contribution in [-0.4, -0.2) is 0 Å². The third kappa shape index (κ3) is 4.63. The van der Waals surface area contributed by atoms with Gasteiger partial charge < -0.3 is 0 Å². The lowest BCUT2D eigenvalue weighted by molar-refractivity contribution is 0.330. The zero-order valence-electron chi connectivity index (χ0n) is 22.4. The second-order valence-electron chi connectivity index (χ2n) is 13.5. The molecule has 0 fully saturated rings. The molecule has 188 valence electrons. The van der Waals surface area contributed by atoms with E-state index in [1.54, 1.807) is 0 Å². The molecule has 0 amide bonds. The molecule has 0 aromatic heterocycles. The third-order valence-corrected chi connectivity index (χ3v) is 7.94. The molecular weight excluding hydrogens is 443 g/mol. The van der Waals surface area contributed by atoms with Crippen molar-refractivity contribution >= 4 is 8.17 Å². The summed E-state index contributed by atoms with van der Waals surface area (Å²) < 4.78 is 25.9. The quantitative estimate of drug-likeness (QED) is 0.347. The van der Waals surface area contributed by atoms with Crippen molar-refractivity contribution in [3.05, 3.63) is 46.5 Å². The first kappa shape index (κ1) is 26.7. The summed E-state index contributed by atoms with van der Waals surface area (Å²) in [5.41, 5.74) is 4.35. The maximum Gasteiger partial charge on any atom is 0.767 e. The summed E-state index contributed by atoms with van der Waals surface area (Å²) in [6.45, 7) is 26.4. The predicted molar refractivity (Wildman–Crippen MR) is 144 cm³/mol. The second kappa shape index (κ2) is 7.79. The van der Waals surface area contributed by atoms with Gasteiger partial charge in [-0.05, 0) is 44.9 Å². The molecule has 2 heterocycles. The summed E-state index contributed by atoms with van der Waals surface area (Å²) in [7, 11) is -3.10. The molecule has 0 saturated carbocycles. The number of hydrogen-bond acceptors (Lipinski definition) is 4. The Morgan fingerprint density at radius 1 is 0.471 bits per heavy atom. The van der Waals surface area contributed by atoms with Gasteiger partial charge >= 0.3 is 8.17 Å². The number of hydrogen-bond donors (Lipinski definition) is 0. The van der Waals surface area contributed by atoms with E-state index in [4.69, 9.17) is 18.1 Å². The molecule has 2 aliphatic heterocycles. The highest BCUT2D eigenvalue weighted by Gasteiger charge is 2.68. The van der Waals surface area contributed by atoms with Gasteiger partial charge in [-0.25, -0.2) is 18.1 Å². The first-order valence-electron chi connectivity index (χ1n) is 11.9. The Morgan fingerprint density at radius 2 is 0.794 bits per heavy atom. The highest BCUT2D eigenvalue weighted by molar-refractivity contribution is 7.58. The third-order valence-electron chi connectivity index (χ3n) is 6.28. The van der Waals surface area contributed by atoms with Crippen molar-refractivity contribution < 1.29 is 18.1 Å². The van der Waals surface area contributed by atoms with Crippen LogP contribution in [0.1, 0.15) is 113 Å². The Kier molecular flexibility index (Phi) is 6.11. The molecule has 34 heavy (non-hydrogen) atoms. The zero-order chi connectivity index (χ0) is 24.8. The van der Waals surface area contributed by atoms with Crippen LogP contribution in [-0.2, 0) is 21.7 Å². The monoisotopic (exact) mass is 487 g/mol. The van der Waals surface area contributed by atoms with Crippen molar-refractivity contribution in [2.24, 2.45) is 0 Å². The van der Waals surface area contributed by atoms with Crippen molar-refractivity contribution in [2.75, 3.05) is 0 Å². The largest absolute Gasteiger partial charge is 0.767 e. The van der Waals surface area contributed by atoms with E-state index < -0.39 is 8.17 Å². The summed E-state index contributed by atoms with van der Waals surface area (Å²) in [5.74, 6) is 2.90. The average Bonchev–Trinajstić information content (AvgIpc) is 3.14. The Morgan fingerprint density at radius 3 is 1.06 bits per heavy atom. The lowest BCUT2D eigenvalue weighted by atomic mass is 9.80. The van der Waals surface area contributed by atoms with Crippen LogP contribution in [0.4, 0.5) is 0 Å². The van der Waals surface area contributed by atoms with E-state index in [1.165, 1.54) is 11.1 Å². The molecule has 0 atom stereocenters. The van der Waals surface area contributed by atoms with Gasteiger partial charge in [0.05, 0.1) is 0 Å². The van der Waals surface area contributed by atoms with Crippen molar-refractivity contribution in [3.8, 4) is 23.0 Å². The van der Waals surface area contributed by atoms with Gasteiger partial charge in [-0.1, -0.05) is 103 Å². The summed E-state index contributed by atoms with van der Waals surface area (Å²) in [6.07, 6.45) is 0. The van der Waals surface area contributed by atoms with Crippen LogP contribution in [0, 0.1) is 0 Å². The molecule has 2 aliphatic rings. The van der Waals surface area contributed by atoms with Crippen molar-refractivity contribution in [2.45, 2.75) is 112 Å². The van der Waals surface area contributed by atoms with Crippen LogP contribution in [0.15, 0.2) is 24.3 Å². The number of rotatable bonds is 0. The van der Waals surface area contributed by atoms with E-state index in [1.807, 2.05) is 0 Å². The fraction of sp³-hybridized carbons (Fsp3) is 0.586. The highest BCUT2D eigenvalue weighted by atomic mass is 31.2. The van der Waals surface area contributed by atoms with Gasteiger partial charge in [0.1, 0.15) is 0 Å². The summed E-state index contributed by atoms with van der Waals surface area (Å²) in [4.78, 5) is 0. The minimum atomic E-state index is -3.10. The fourth-order valence-electron chi connectivity index (χ4n) is 4.08. The van der Waals surface area contributed by atoms with Gasteiger partial charge in [0.2, 0.25) is 23.0 Å². The minimum absolute atomic E-state index is 0. The lowest BCUT2D eigenvalue weighted by Crippen LogP contribution is -2.17. The van der Waals surface area contributed by atoms with Crippen LogP contribution in [0.25, 0.3) is 0 Å². The van der Waals surface area contributed by atoms with Crippen molar-refractivity contribution in [3.63, 3.8) is 0 Å². The van der Waals surface area contributed by atoms with Crippen LogP contribution in [0.2, 0.25) is 0 Å². The average molecular weight is 488 g/mol. The molecule has 2 aromatic rings. The molecular formula is C29H44O4P+. The van der Waals surface area contributed by atoms with Gasteiger partial charge in [-0.15, -0.1) is 0 Å². The van der Waals surface area contributed by atoms with E-state index in [0.29, 0.717) is 11.5 Å². The topological polar surface area (TPSA) is 36.9 Å². The van der Waals surface area contributed by atoms with Crippen LogP contribution in [0.5, 0.6) is 23.0 Å². The van der Waals surface area contributed by atoms with Gasteiger partial charge in [0, 0.05) is 11.1 Å². The van der Waals surface area contributed by atoms with Crippen LogP contribution in [0.3, 0.4) is 0 Å². The zero-order valence-corrected chi connectivity index (χ0v) is 23.3. The van der Waals surface area contributed by atoms with E-state index in [9.17, 15) is 0 Å². The summed E-state index contributed by atoms with van der Waals surface area (Å²) >= 11 is 0. The fourth-order valence-corrected chi connectivity index (χ4v) is 5.89. The molecule has 2 aromatic carbocycles. The second-order valence-corrected chi connectivity index (χ2v) is 15.1. The first-order chi connectivity index (χ1) is 14.8. The smallest absolute Gasteiger partial charge is 0.237 e. The Labute approximate surface area is 208 Å². The van der Waals surface area contributed by atoms with Crippen LogP contribution >= 0.6 is 8.17 Å². The van der Waals surface area contributed by atoms with Crippen molar-refractivity contribution in [1.29, 1.82) is 0 Å². The lowest BCUT2D eigenvalue weighted by Gasteiger charge is -2.25. The van der Waals surface area contributed by atoms with E-state index in [0.717, 1.165) is 22.6 Å². The van der Waals surface area contributed by atoms with Gasteiger partial charge in [0.15, 0.2) is 0 Å². The number of benzene rings is 2. The standard InChI is InChI=1S/C28H40O4P.CH4/c1-25(2,3)17-13-19(27(7,8)9)23-21(15-17)29-33(31-23)30-22-16-18(26(4,5)6)14-20(24(22)32-33)28(10,11)12;/h13-16H,1-12H3;1H4/q+1;. The van der Waals surface area contributed by atoms with Crippen molar-refractivity contribution in [1.82, 2.24) is 0 Å². The molecule has 1 spiro atoms. The molecule has 0 radical (unpaired) electrons. The maximum absolute atomic E-state index is 6.50. The maximum atomic E-state index is 6.50. The summed E-state index contributed by atoms with van der Waals surface area (Å²) in [6, 6.07) is 8.65.